The van der Waals surface area contributed by atoms with E-state index in [1.54, 1.807) is 6.92 Å². The minimum absolute atomic E-state index is 0.141. The zero-order valence-electron chi connectivity index (χ0n) is 19.5. The number of nitrogens with zero attached hydrogens (tertiary/aromatic N) is 6. The van der Waals surface area contributed by atoms with Gasteiger partial charge in [-0.3, -0.25) is 14.7 Å². The van der Waals surface area contributed by atoms with E-state index >= 15 is 0 Å². The van der Waals surface area contributed by atoms with Crippen molar-refractivity contribution in [2.75, 3.05) is 26.2 Å². The molecule has 1 aromatic carbocycles. The van der Waals surface area contributed by atoms with E-state index in [1.807, 2.05) is 53.0 Å². The molecule has 170 valence electrons. The lowest BCUT2D eigenvalue weighted by atomic mass is 9.98. The van der Waals surface area contributed by atoms with Crippen LogP contribution in [0.5, 0.6) is 0 Å². The SMILES string of the molecule is CC(=O)N1CCN(Cc2cnn3c(C)cc(C)nc23)CC(Cc2cnc3ccccc3c2)C1. The summed E-state index contributed by atoms with van der Waals surface area (Å²) in [6.45, 7) is 9.79. The van der Waals surface area contributed by atoms with Gasteiger partial charge in [0.1, 0.15) is 0 Å². The number of carbonyl (C=O) groups is 1. The minimum Gasteiger partial charge on any atom is -0.341 e. The molecule has 1 fully saturated rings. The predicted molar refractivity (Wildman–Crippen MR) is 129 cm³/mol. The van der Waals surface area contributed by atoms with E-state index in [0.717, 1.165) is 72.6 Å². The van der Waals surface area contributed by atoms with Crippen molar-refractivity contribution in [2.24, 2.45) is 5.92 Å². The summed E-state index contributed by atoms with van der Waals surface area (Å²) in [5, 5.41) is 5.72. The van der Waals surface area contributed by atoms with Gasteiger partial charge in [-0.25, -0.2) is 9.50 Å². The lowest BCUT2D eigenvalue weighted by Gasteiger charge is -2.24. The number of aromatic nitrogens is 4. The Morgan fingerprint density at radius 2 is 1.94 bits per heavy atom. The molecule has 0 radical (unpaired) electrons. The average Bonchev–Trinajstić information content (AvgIpc) is 3.06. The monoisotopic (exact) mass is 442 g/mol. The van der Waals surface area contributed by atoms with Gasteiger partial charge in [-0.05, 0) is 49.9 Å². The second kappa shape index (κ2) is 8.90. The second-order valence-electron chi connectivity index (χ2n) is 9.25. The highest BCUT2D eigenvalue weighted by molar-refractivity contribution is 5.78. The number of benzene rings is 1. The smallest absolute Gasteiger partial charge is 0.219 e. The van der Waals surface area contributed by atoms with Crippen LogP contribution in [0.25, 0.3) is 16.6 Å². The van der Waals surface area contributed by atoms with Gasteiger partial charge in [0.2, 0.25) is 5.91 Å². The third kappa shape index (κ3) is 4.59. The number of amides is 1. The molecule has 0 spiro atoms. The van der Waals surface area contributed by atoms with Crippen molar-refractivity contribution in [3.63, 3.8) is 0 Å². The highest BCUT2D eigenvalue weighted by atomic mass is 16.2. The normalized spacial score (nSPS) is 17.5. The van der Waals surface area contributed by atoms with Crippen LogP contribution in [0, 0.1) is 19.8 Å². The van der Waals surface area contributed by atoms with Crippen LogP contribution in [0.2, 0.25) is 0 Å². The van der Waals surface area contributed by atoms with E-state index in [2.05, 4.69) is 34.0 Å². The van der Waals surface area contributed by atoms with E-state index in [9.17, 15) is 4.79 Å². The second-order valence-corrected chi connectivity index (χ2v) is 9.25. The molecule has 4 aromatic rings. The van der Waals surface area contributed by atoms with Gasteiger partial charge in [-0.1, -0.05) is 18.2 Å². The number of para-hydroxylation sites is 1. The number of carbonyl (C=O) groups excluding carboxylic acids is 1. The summed E-state index contributed by atoms with van der Waals surface area (Å²) in [5.74, 6) is 0.472. The Morgan fingerprint density at radius 3 is 2.79 bits per heavy atom. The van der Waals surface area contributed by atoms with Crippen molar-refractivity contribution >= 4 is 22.5 Å². The van der Waals surface area contributed by atoms with Gasteiger partial charge in [-0.15, -0.1) is 0 Å². The first-order chi connectivity index (χ1) is 16.0. The quantitative estimate of drug-likeness (QED) is 0.485. The number of hydrogen-bond donors (Lipinski definition) is 0. The van der Waals surface area contributed by atoms with Gasteiger partial charge in [0.15, 0.2) is 5.65 Å². The van der Waals surface area contributed by atoms with Gasteiger partial charge >= 0.3 is 0 Å². The average molecular weight is 443 g/mol. The molecule has 0 bridgehead atoms. The molecule has 0 aliphatic carbocycles. The Kier molecular flexibility index (Phi) is 5.81. The summed E-state index contributed by atoms with van der Waals surface area (Å²) >= 11 is 0. The molecule has 5 rings (SSSR count). The summed E-state index contributed by atoms with van der Waals surface area (Å²) in [4.78, 5) is 26.1. The molecule has 1 amide bonds. The van der Waals surface area contributed by atoms with Crippen LogP contribution >= 0.6 is 0 Å². The van der Waals surface area contributed by atoms with Crippen LogP contribution in [0.15, 0.2) is 48.8 Å². The third-order valence-electron chi connectivity index (χ3n) is 6.54. The van der Waals surface area contributed by atoms with Gasteiger partial charge in [0.25, 0.3) is 0 Å². The third-order valence-corrected chi connectivity index (χ3v) is 6.54. The zero-order chi connectivity index (χ0) is 22.9. The molecule has 4 heterocycles. The van der Waals surface area contributed by atoms with Crippen LogP contribution < -0.4 is 0 Å². The van der Waals surface area contributed by atoms with Crippen LogP contribution in [0.4, 0.5) is 0 Å². The maximum absolute atomic E-state index is 12.3. The molecule has 1 aliphatic heterocycles. The molecule has 3 aromatic heterocycles. The fourth-order valence-electron chi connectivity index (χ4n) is 4.97. The number of hydrogen-bond acceptors (Lipinski definition) is 5. The molecule has 7 nitrogen and oxygen atoms in total. The lowest BCUT2D eigenvalue weighted by Crippen LogP contribution is -2.34. The van der Waals surface area contributed by atoms with Crippen molar-refractivity contribution in [3.8, 4) is 0 Å². The molecule has 1 unspecified atom stereocenters. The van der Waals surface area contributed by atoms with Crippen molar-refractivity contribution < 1.29 is 4.79 Å². The van der Waals surface area contributed by atoms with E-state index in [0.29, 0.717) is 5.92 Å². The molecular formula is C26H30N6O. The Hall–Kier alpha value is -3.32. The predicted octanol–water partition coefficient (Wildman–Crippen LogP) is 3.42. The van der Waals surface area contributed by atoms with Crippen molar-refractivity contribution in [3.05, 3.63) is 71.3 Å². The van der Waals surface area contributed by atoms with Crippen LogP contribution in [-0.4, -0.2) is 61.5 Å². The Balaban J connectivity index is 1.39. The topological polar surface area (TPSA) is 66.6 Å². The molecule has 0 N–H and O–H groups in total. The number of fused-ring (bicyclic) bond motifs is 2. The summed E-state index contributed by atoms with van der Waals surface area (Å²) in [5.41, 5.74) is 6.37. The summed E-state index contributed by atoms with van der Waals surface area (Å²) in [7, 11) is 0. The number of rotatable bonds is 4. The van der Waals surface area contributed by atoms with E-state index in [1.165, 1.54) is 5.56 Å². The van der Waals surface area contributed by atoms with Crippen molar-refractivity contribution in [1.29, 1.82) is 0 Å². The fraction of sp³-hybridized carbons (Fsp3) is 0.385. The zero-order valence-corrected chi connectivity index (χ0v) is 19.5. The minimum atomic E-state index is 0.141. The van der Waals surface area contributed by atoms with Gasteiger partial charge in [-0.2, -0.15) is 5.10 Å². The molecule has 1 saturated heterocycles. The van der Waals surface area contributed by atoms with Crippen molar-refractivity contribution in [1.82, 2.24) is 29.4 Å². The number of aryl methyl sites for hydroxylation is 2. The highest BCUT2D eigenvalue weighted by Crippen LogP contribution is 2.21. The van der Waals surface area contributed by atoms with Crippen LogP contribution in [0.3, 0.4) is 0 Å². The van der Waals surface area contributed by atoms with Gasteiger partial charge in [0.05, 0.1) is 11.7 Å². The molecule has 33 heavy (non-hydrogen) atoms. The van der Waals surface area contributed by atoms with Crippen LogP contribution in [0.1, 0.15) is 29.4 Å². The van der Waals surface area contributed by atoms with Gasteiger partial charge in [0, 0.05) is 68.2 Å². The first-order valence-corrected chi connectivity index (χ1v) is 11.6. The van der Waals surface area contributed by atoms with E-state index in [-0.39, 0.29) is 5.91 Å². The largest absolute Gasteiger partial charge is 0.341 e. The van der Waals surface area contributed by atoms with Gasteiger partial charge < -0.3 is 4.90 Å². The first kappa shape index (κ1) is 21.5. The molecule has 1 atom stereocenters. The Morgan fingerprint density at radius 1 is 1.09 bits per heavy atom. The standard InChI is InChI=1S/C26H30N6O/c1-18-10-19(2)32-26(29-18)24(14-28-32)17-30-8-9-31(20(3)33)16-22(15-30)11-21-12-23-6-4-5-7-25(23)27-13-21/h4-7,10,12-14,22H,8-9,11,15-17H2,1-3H3. The summed E-state index contributed by atoms with van der Waals surface area (Å²) in [6, 6.07) is 12.5. The molecular weight excluding hydrogens is 412 g/mol. The lowest BCUT2D eigenvalue weighted by molar-refractivity contribution is -0.129. The highest BCUT2D eigenvalue weighted by Gasteiger charge is 2.25. The molecule has 0 saturated carbocycles. The Labute approximate surface area is 194 Å². The maximum Gasteiger partial charge on any atom is 0.219 e. The van der Waals surface area contributed by atoms with Crippen LogP contribution in [-0.2, 0) is 17.8 Å². The van der Waals surface area contributed by atoms with E-state index in [4.69, 9.17) is 4.98 Å². The summed E-state index contributed by atoms with van der Waals surface area (Å²) in [6.07, 6.45) is 4.81. The molecule has 7 heteroatoms. The van der Waals surface area contributed by atoms with E-state index < -0.39 is 0 Å². The Bertz CT molecular complexity index is 1310. The fourth-order valence-corrected chi connectivity index (χ4v) is 4.97. The summed E-state index contributed by atoms with van der Waals surface area (Å²) < 4.78 is 1.92. The maximum atomic E-state index is 12.3. The molecule has 1 aliphatic rings. The first-order valence-electron chi connectivity index (χ1n) is 11.6. The number of pyridine rings is 1. The van der Waals surface area contributed by atoms with Crippen molar-refractivity contribution in [2.45, 2.75) is 33.7 Å².